The monoisotopic (exact) mass is 625 g/mol. The molecule has 3 amide bonds. The Morgan fingerprint density at radius 2 is 1.65 bits per heavy atom. The van der Waals surface area contributed by atoms with Gasteiger partial charge in [-0.2, -0.15) is 0 Å². The molecule has 3 heterocycles. The van der Waals surface area contributed by atoms with Gasteiger partial charge in [-0.15, -0.1) is 0 Å². The van der Waals surface area contributed by atoms with Crippen molar-refractivity contribution in [3.8, 4) is 11.5 Å². The van der Waals surface area contributed by atoms with Gasteiger partial charge >= 0.3 is 0 Å². The number of nitrogens with one attached hydrogen (secondary N) is 2. The molecule has 10 heteroatoms. The third-order valence-electron chi connectivity index (χ3n) is 9.87. The number of amides is 3. The van der Waals surface area contributed by atoms with E-state index in [4.69, 9.17) is 4.74 Å². The van der Waals surface area contributed by atoms with Gasteiger partial charge in [0.05, 0.1) is 18.3 Å². The second-order valence-corrected chi connectivity index (χ2v) is 12.7. The molecule has 3 aliphatic rings. The molecule has 3 N–H and O–H groups in total. The van der Waals surface area contributed by atoms with Crippen LogP contribution in [0.4, 0.5) is 0 Å². The van der Waals surface area contributed by atoms with Crippen molar-refractivity contribution in [3.05, 3.63) is 89.7 Å². The van der Waals surface area contributed by atoms with Crippen molar-refractivity contribution in [1.82, 2.24) is 25.4 Å². The molecule has 0 unspecified atom stereocenters. The van der Waals surface area contributed by atoms with E-state index in [1.54, 1.807) is 42.4 Å². The SMILES string of the molecule is CNC(=O)c1ccc(Oc2ccc(CN3CCC4(CC3)C(=O)N[C@H]([C@H](O)C3CCCCC3)C(=O)N4Cc3ccccn3)cc2)cc1. The maximum absolute atomic E-state index is 14.1. The largest absolute Gasteiger partial charge is 0.457 e. The molecular weight excluding hydrogens is 582 g/mol. The fraction of sp³-hybridized carbons (Fsp3) is 0.444. The van der Waals surface area contributed by atoms with E-state index in [1.165, 1.54) is 0 Å². The zero-order chi connectivity index (χ0) is 32.1. The summed E-state index contributed by atoms with van der Waals surface area (Å²) in [4.78, 5) is 48.3. The van der Waals surface area contributed by atoms with Crippen LogP contribution in [0.3, 0.4) is 0 Å². The first-order valence-corrected chi connectivity index (χ1v) is 16.4. The predicted octanol–water partition coefficient (Wildman–Crippen LogP) is 4.04. The highest BCUT2D eigenvalue weighted by molar-refractivity contribution is 6.00. The highest BCUT2D eigenvalue weighted by Gasteiger charge is 2.55. The van der Waals surface area contributed by atoms with E-state index in [0.29, 0.717) is 49.5 Å². The van der Waals surface area contributed by atoms with Crippen LogP contribution in [-0.2, 0) is 22.7 Å². The normalized spacial score (nSPS) is 21.1. The number of benzene rings is 2. The molecule has 1 aliphatic carbocycles. The lowest BCUT2D eigenvalue weighted by molar-refractivity contribution is -0.167. The number of nitrogens with zero attached hydrogens (tertiary/aromatic N) is 3. The van der Waals surface area contributed by atoms with Gasteiger partial charge in [0.25, 0.3) is 5.91 Å². The van der Waals surface area contributed by atoms with Crippen molar-refractivity contribution in [1.29, 1.82) is 0 Å². The number of aliphatic hydroxyl groups is 1. The molecule has 242 valence electrons. The van der Waals surface area contributed by atoms with E-state index in [1.807, 2.05) is 42.5 Å². The van der Waals surface area contributed by atoms with E-state index < -0.39 is 17.7 Å². The first-order valence-electron chi connectivity index (χ1n) is 16.4. The maximum Gasteiger partial charge on any atom is 0.251 e. The van der Waals surface area contributed by atoms with Crippen LogP contribution in [0.1, 0.15) is 66.6 Å². The van der Waals surface area contributed by atoms with Gasteiger partial charge in [0.1, 0.15) is 23.1 Å². The number of piperidine rings is 1. The zero-order valence-corrected chi connectivity index (χ0v) is 26.4. The van der Waals surface area contributed by atoms with Crippen molar-refractivity contribution >= 4 is 17.7 Å². The second-order valence-electron chi connectivity index (χ2n) is 12.7. The van der Waals surface area contributed by atoms with Gasteiger partial charge in [-0.05, 0) is 85.7 Å². The zero-order valence-electron chi connectivity index (χ0n) is 26.4. The number of carbonyl (C=O) groups excluding carboxylic acids is 3. The predicted molar refractivity (Wildman–Crippen MR) is 173 cm³/mol. The van der Waals surface area contributed by atoms with Gasteiger partial charge in [-0.25, -0.2) is 0 Å². The Morgan fingerprint density at radius 1 is 0.978 bits per heavy atom. The standard InChI is InChI=1S/C36H43N5O5/c1-37-33(43)27-12-16-30(17-13-27)46-29-14-10-25(11-15-29)23-40-21-18-36(19-22-40)35(45)39-31(32(42)26-7-3-2-4-8-26)34(44)41(36)24-28-9-5-6-20-38-28/h5-6,9-17,20,26,31-32,42H,2-4,7-8,18-19,21-24H2,1H3,(H,37,43)(H,39,45)/t31-,32-/m1/s1. The number of rotatable bonds is 9. The molecule has 46 heavy (non-hydrogen) atoms. The van der Waals surface area contributed by atoms with Crippen LogP contribution in [0.2, 0.25) is 0 Å². The summed E-state index contributed by atoms with van der Waals surface area (Å²) in [6, 6.07) is 19.6. The second kappa shape index (κ2) is 14.0. The minimum atomic E-state index is -0.987. The molecule has 2 aromatic carbocycles. The van der Waals surface area contributed by atoms with Crippen molar-refractivity contribution in [3.63, 3.8) is 0 Å². The number of aromatic nitrogens is 1. The van der Waals surface area contributed by atoms with Gasteiger partial charge in [0, 0.05) is 38.4 Å². The maximum atomic E-state index is 14.1. The summed E-state index contributed by atoms with van der Waals surface area (Å²) in [7, 11) is 1.60. The smallest absolute Gasteiger partial charge is 0.251 e. The van der Waals surface area contributed by atoms with E-state index in [-0.39, 0.29) is 30.2 Å². The number of piperazine rings is 1. The number of ether oxygens (including phenoxy) is 1. The molecule has 1 saturated carbocycles. The summed E-state index contributed by atoms with van der Waals surface area (Å²) < 4.78 is 5.96. The molecule has 0 bridgehead atoms. The van der Waals surface area contributed by atoms with Gasteiger partial charge in [0.15, 0.2) is 0 Å². The molecular formula is C36H43N5O5. The van der Waals surface area contributed by atoms with Gasteiger partial charge in [-0.1, -0.05) is 37.5 Å². The summed E-state index contributed by atoms with van der Waals surface area (Å²) in [5, 5.41) is 16.9. The Hall–Kier alpha value is -4.28. The van der Waals surface area contributed by atoms with Crippen LogP contribution in [0.5, 0.6) is 11.5 Å². The molecule has 3 fully saturated rings. The fourth-order valence-electron chi connectivity index (χ4n) is 7.15. The summed E-state index contributed by atoms with van der Waals surface area (Å²) in [5.74, 6) is 0.825. The van der Waals surface area contributed by atoms with Crippen LogP contribution in [0.25, 0.3) is 0 Å². The first kappa shape index (κ1) is 31.7. The minimum Gasteiger partial charge on any atom is -0.457 e. The highest BCUT2D eigenvalue weighted by atomic mass is 16.5. The minimum absolute atomic E-state index is 0.0157. The first-order chi connectivity index (χ1) is 22.4. The van der Waals surface area contributed by atoms with Crippen LogP contribution < -0.4 is 15.4 Å². The molecule has 3 aromatic rings. The average Bonchev–Trinajstić information content (AvgIpc) is 3.10. The van der Waals surface area contributed by atoms with Crippen molar-refractivity contribution in [2.24, 2.45) is 5.92 Å². The fourth-order valence-corrected chi connectivity index (χ4v) is 7.15. The van der Waals surface area contributed by atoms with Crippen molar-refractivity contribution in [2.75, 3.05) is 20.1 Å². The van der Waals surface area contributed by atoms with Gasteiger partial charge in [-0.3, -0.25) is 24.3 Å². The number of aliphatic hydroxyl groups excluding tert-OH is 1. The lowest BCUT2D eigenvalue weighted by atomic mass is 9.78. The summed E-state index contributed by atoms with van der Waals surface area (Å²) in [6.45, 7) is 2.23. The Bertz CT molecular complexity index is 1500. The topological polar surface area (TPSA) is 124 Å². The van der Waals surface area contributed by atoms with E-state index in [0.717, 1.165) is 43.4 Å². The van der Waals surface area contributed by atoms with Crippen LogP contribution >= 0.6 is 0 Å². The van der Waals surface area contributed by atoms with Crippen LogP contribution in [-0.4, -0.2) is 75.4 Å². The molecule has 1 aromatic heterocycles. The van der Waals surface area contributed by atoms with Crippen molar-refractivity contribution < 1.29 is 24.2 Å². The molecule has 6 rings (SSSR count). The average molecular weight is 626 g/mol. The van der Waals surface area contributed by atoms with Gasteiger partial charge in [0.2, 0.25) is 11.8 Å². The number of carbonyl (C=O) groups is 3. The van der Waals surface area contributed by atoms with E-state index >= 15 is 0 Å². The Morgan fingerprint density at radius 3 is 2.28 bits per heavy atom. The Labute approximate surface area is 270 Å². The third kappa shape index (κ3) is 6.78. The number of hydrogen-bond donors (Lipinski definition) is 3. The van der Waals surface area contributed by atoms with Crippen molar-refractivity contribution in [2.45, 2.75) is 75.7 Å². The van der Waals surface area contributed by atoms with Gasteiger partial charge < -0.3 is 25.4 Å². The third-order valence-corrected chi connectivity index (χ3v) is 9.87. The molecule has 10 nitrogen and oxygen atoms in total. The number of pyridine rings is 1. The molecule has 2 aliphatic heterocycles. The molecule has 1 spiro atoms. The Balaban J connectivity index is 1.11. The lowest BCUT2D eigenvalue weighted by Gasteiger charge is -2.52. The number of hydrogen-bond acceptors (Lipinski definition) is 7. The summed E-state index contributed by atoms with van der Waals surface area (Å²) in [6.07, 6.45) is 6.78. The summed E-state index contributed by atoms with van der Waals surface area (Å²) in [5.41, 5.74) is 1.42. The quantitative estimate of drug-likeness (QED) is 0.328. The molecule has 2 saturated heterocycles. The lowest BCUT2D eigenvalue weighted by Crippen LogP contribution is -2.74. The molecule has 2 atom stereocenters. The molecule has 0 radical (unpaired) electrons. The van der Waals surface area contributed by atoms with Crippen LogP contribution in [0, 0.1) is 5.92 Å². The number of likely N-dealkylation sites (tertiary alicyclic amines) is 1. The van der Waals surface area contributed by atoms with E-state index in [2.05, 4.69) is 20.5 Å². The summed E-state index contributed by atoms with van der Waals surface area (Å²) >= 11 is 0. The Kier molecular flexibility index (Phi) is 9.65. The van der Waals surface area contributed by atoms with E-state index in [9.17, 15) is 19.5 Å². The highest BCUT2D eigenvalue weighted by Crippen LogP contribution is 2.37. The van der Waals surface area contributed by atoms with Crippen LogP contribution in [0.15, 0.2) is 72.9 Å².